The molecule has 6 nitrogen and oxygen atoms in total. The van der Waals surface area contributed by atoms with Gasteiger partial charge < -0.3 is 15.3 Å². The van der Waals surface area contributed by atoms with Crippen molar-refractivity contribution in [3.8, 4) is 0 Å². The molecule has 1 unspecified atom stereocenters. The molecule has 4 rings (SSSR count). The van der Waals surface area contributed by atoms with E-state index in [1.54, 1.807) is 6.92 Å². The van der Waals surface area contributed by atoms with E-state index in [0.29, 0.717) is 31.3 Å². The highest BCUT2D eigenvalue weighted by atomic mass is 16.3. The Morgan fingerprint density at radius 3 is 2.63 bits per heavy atom. The SMILES string of the molecule is C[C@]12CCC(=O)C=C1C(O)C[C@@H]1[C@@H]2C(=O)C[C@@]2(C)[C@H]1CC[C@]2(O)C(=O)CO. The van der Waals surface area contributed by atoms with Crippen LogP contribution in [0, 0.1) is 28.6 Å². The van der Waals surface area contributed by atoms with E-state index in [-0.39, 0.29) is 42.2 Å². The molecule has 0 amide bonds. The molecule has 0 aliphatic heterocycles. The van der Waals surface area contributed by atoms with Gasteiger partial charge in [0, 0.05) is 29.6 Å². The summed E-state index contributed by atoms with van der Waals surface area (Å²) in [5.41, 5.74) is -2.49. The lowest BCUT2D eigenvalue weighted by Gasteiger charge is -2.58. The number of hydrogen-bond donors (Lipinski definition) is 3. The summed E-state index contributed by atoms with van der Waals surface area (Å²) in [6.07, 6.45) is 2.96. The minimum absolute atomic E-state index is 0.000497. The summed E-state index contributed by atoms with van der Waals surface area (Å²) in [5.74, 6) is -1.14. The lowest BCUT2D eigenvalue weighted by atomic mass is 9.45. The molecular formula is C21H28O6. The van der Waals surface area contributed by atoms with E-state index in [2.05, 4.69) is 0 Å². The molecule has 0 spiro atoms. The van der Waals surface area contributed by atoms with Crippen LogP contribution in [0.15, 0.2) is 11.6 Å². The second-order valence-electron chi connectivity index (χ2n) is 9.52. The Bertz CT molecular complexity index is 756. The number of Topliss-reactive ketones (excluding diaryl/α,β-unsaturated/α-hetero) is 2. The summed E-state index contributed by atoms with van der Waals surface area (Å²) in [7, 11) is 0. The van der Waals surface area contributed by atoms with Gasteiger partial charge in [-0.05, 0) is 49.2 Å². The molecule has 0 aromatic rings. The monoisotopic (exact) mass is 376 g/mol. The van der Waals surface area contributed by atoms with E-state index in [1.807, 2.05) is 6.92 Å². The van der Waals surface area contributed by atoms with Gasteiger partial charge in [0.2, 0.25) is 0 Å². The summed E-state index contributed by atoms with van der Waals surface area (Å²) in [5, 5.41) is 31.3. The topological polar surface area (TPSA) is 112 Å². The first-order valence-corrected chi connectivity index (χ1v) is 9.91. The molecule has 0 heterocycles. The number of aliphatic hydroxyl groups excluding tert-OH is 2. The van der Waals surface area contributed by atoms with Crippen LogP contribution in [0.1, 0.15) is 52.4 Å². The smallest absolute Gasteiger partial charge is 0.190 e. The Morgan fingerprint density at radius 1 is 1.26 bits per heavy atom. The van der Waals surface area contributed by atoms with Crippen LogP contribution in [-0.4, -0.2) is 51.0 Å². The van der Waals surface area contributed by atoms with E-state index >= 15 is 0 Å². The van der Waals surface area contributed by atoms with Crippen molar-refractivity contribution in [3.05, 3.63) is 11.6 Å². The molecule has 0 aromatic heterocycles. The van der Waals surface area contributed by atoms with Gasteiger partial charge in [0.15, 0.2) is 11.6 Å². The third-order valence-electron chi connectivity index (χ3n) is 8.43. The number of fused-ring (bicyclic) bond motifs is 5. The fraction of sp³-hybridized carbons (Fsp3) is 0.762. The van der Waals surface area contributed by atoms with Crippen LogP contribution < -0.4 is 0 Å². The maximum absolute atomic E-state index is 13.3. The van der Waals surface area contributed by atoms with E-state index < -0.39 is 34.9 Å². The largest absolute Gasteiger partial charge is 0.389 e. The molecule has 6 heteroatoms. The average Bonchev–Trinajstić information content (AvgIpc) is 2.87. The highest BCUT2D eigenvalue weighted by Crippen LogP contribution is 2.66. The van der Waals surface area contributed by atoms with Crippen LogP contribution in [0.2, 0.25) is 0 Å². The van der Waals surface area contributed by atoms with Crippen molar-refractivity contribution in [2.75, 3.05) is 6.61 Å². The number of aliphatic hydroxyl groups is 3. The minimum Gasteiger partial charge on any atom is -0.389 e. The quantitative estimate of drug-likeness (QED) is 0.662. The summed E-state index contributed by atoms with van der Waals surface area (Å²) in [4.78, 5) is 37.6. The Morgan fingerprint density at radius 2 is 1.96 bits per heavy atom. The van der Waals surface area contributed by atoms with Crippen LogP contribution in [0.5, 0.6) is 0 Å². The van der Waals surface area contributed by atoms with Crippen LogP contribution in [0.25, 0.3) is 0 Å². The van der Waals surface area contributed by atoms with Crippen LogP contribution in [0.4, 0.5) is 0 Å². The molecule has 0 bridgehead atoms. The molecule has 3 fully saturated rings. The Hall–Kier alpha value is -1.37. The lowest BCUT2D eigenvalue weighted by molar-refractivity contribution is -0.172. The average molecular weight is 376 g/mol. The summed E-state index contributed by atoms with van der Waals surface area (Å²) < 4.78 is 0. The summed E-state index contributed by atoms with van der Waals surface area (Å²) >= 11 is 0. The van der Waals surface area contributed by atoms with Gasteiger partial charge in [0.25, 0.3) is 0 Å². The molecule has 148 valence electrons. The first-order valence-electron chi connectivity index (χ1n) is 9.91. The van der Waals surface area contributed by atoms with Gasteiger partial charge in [0.1, 0.15) is 18.0 Å². The summed E-state index contributed by atoms with van der Waals surface area (Å²) in [6, 6.07) is 0. The van der Waals surface area contributed by atoms with E-state index in [9.17, 15) is 29.7 Å². The highest BCUT2D eigenvalue weighted by molar-refractivity contribution is 5.94. The molecule has 3 saturated carbocycles. The molecule has 3 N–H and O–H groups in total. The van der Waals surface area contributed by atoms with Gasteiger partial charge in [-0.1, -0.05) is 13.8 Å². The molecule has 4 aliphatic rings. The molecule has 0 saturated heterocycles. The van der Waals surface area contributed by atoms with Crippen molar-refractivity contribution < 1.29 is 29.7 Å². The first kappa shape index (κ1) is 19.0. The zero-order valence-corrected chi connectivity index (χ0v) is 15.9. The van der Waals surface area contributed by atoms with Gasteiger partial charge in [-0.2, -0.15) is 0 Å². The van der Waals surface area contributed by atoms with Crippen molar-refractivity contribution in [2.24, 2.45) is 28.6 Å². The number of ketones is 3. The van der Waals surface area contributed by atoms with Crippen molar-refractivity contribution in [1.29, 1.82) is 0 Å². The number of hydrogen-bond acceptors (Lipinski definition) is 6. The van der Waals surface area contributed by atoms with E-state index in [0.717, 1.165) is 0 Å². The third-order valence-corrected chi connectivity index (χ3v) is 8.43. The second-order valence-corrected chi connectivity index (χ2v) is 9.52. The third kappa shape index (κ3) is 2.26. The van der Waals surface area contributed by atoms with Crippen molar-refractivity contribution in [3.63, 3.8) is 0 Å². The normalized spacial score (nSPS) is 49.1. The van der Waals surface area contributed by atoms with E-state index in [1.165, 1.54) is 6.08 Å². The Balaban J connectivity index is 1.78. The van der Waals surface area contributed by atoms with Gasteiger partial charge in [-0.3, -0.25) is 14.4 Å². The number of carbonyl (C=O) groups excluding carboxylic acids is 3. The molecule has 7 atom stereocenters. The Kier molecular flexibility index (Phi) is 4.09. The predicted molar refractivity (Wildman–Crippen MR) is 95.5 cm³/mol. The minimum atomic E-state index is -1.70. The fourth-order valence-electron chi connectivity index (χ4n) is 7.03. The first-order chi connectivity index (χ1) is 12.6. The van der Waals surface area contributed by atoms with Crippen molar-refractivity contribution in [1.82, 2.24) is 0 Å². The fourth-order valence-corrected chi connectivity index (χ4v) is 7.03. The van der Waals surface area contributed by atoms with Gasteiger partial charge in [-0.25, -0.2) is 0 Å². The predicted octanol–water partition coefficient (Wildman–Crippen LogP) is 0.961. The zero-order valence-electron chi connectivity index (χ0n) is 15.9. The van der Waals surface area contributed by atoms with Crippen LogP contribution in [0.3, 0.4) is 0 Å². The molecule has 4 aliphatic carbocycles. The standard InChI is InChI=1S/C21H28O6/c1-19-5-3-11(23)7-14(19)15(24)8-12-13-4-6-21(27,17(26)10-22)20(13,2)9-16(25)18(12)19/h7,12-13,15,18,22,24,27H,3-6,8-10H2,1-2H3/t12-,13-,15?,18+,19-,20-,21-/m0/s1. The van der Waals surface area contributed by atoms with Crippen molar-refractivity contribution >= 4 is 17.3 Å². The van der Waals surface area contributed by atoms with Crippen LogP contribution in [-0.2, 0) is 14.4 Å². The van der Waals surface area contributed by atoms with Gasteiger partial charge >= 0.3 is 0 Å². The van der Waals surface area contributed by atoms with Gasteiger partial charge in [0.05, 0.1) is 6.10 Å². The maximum atomic E-state index is 13.3. The number of rotatable bonds is 2. The summed E-state index contributed by atoms with van der Waals surface area (Å²) in [6.45, 7) is 3.03. The molecule has 0 radical (unpaired) electrons. The van der Waals surface area contributed by atoms with Gasteiger partial charge in [-0.15, -0.1) is 0 Å². The lowest BCUT2D eigenvalue weighted by Crippen LogP contribution is -2.62. The van der Waals surface area contributed by atoms with Crippen molar-refractivity contribution in [2.45, 2.75) is 64.1 Å². The highest BCUT2D eigenvalue weighted by Gasteiger charge is 2.69. The molecule has 0 aromatic carbocycles. The molecule has 27 heavy (non-hydrogen) atoms. The molecular weight excluding hydrogens is 348 g/mol. The zero-order chi connectivity index (χ0) is 19.8. The Labute approximate surface area is 158 Å². The maximum Gasteiger partial charge on any atom is 0.190 e. The second kappa shape index (κ2) is 5.82. The number of carbonyl (C=O) groups is 3. The van der Waals surface area contributed by atoms with Crippen LogP contribution >= 0.6 is 0 Å². The van der Waals surface area contributed by atoms with E-state index in [4.69, 9.17) is 0 Å².